The van der Waals surface area contributed by atoms with E-state index in [9.17, 15) is 18.3 Å². The van der Waals surface area contributed by atoms with Gasteiger partial charge in [-0.3, -0.25) is 4.55 Å². The van der Waals surface area contributed by atoms with Crippen LogP contribution < -0.4 is 4.72 Å². The Kier molecular flexibility index (Phi) is 5.96. The van der Waals surface area contributed by atoms with Gasteiger partial charge < -0.3 is 25.2 Å². The van der Waals surface area contributed by atoms with Gasteiger partial charge in [-0.05, 0) is 0 Å². The van der Waals surface area contributed by atoms with Crippen LogP contribution in [0.1, 0.15) is 0 Å². The standard InChI is InChI=1S/C6H13NO8S/c8-1-3(7-16(13,14)15)5(11)6(12)4(10)2-9/h1,3-7,9-12H,2H2,(H,13,14,15)/t3-,4?,5?,6?/m0/s1. The lowest BCUT2D eigenvalue weighted by Crippen LogP contribution is -2.53. The molecule has 0 radical (unpaired) electrons. The third-order valence-corrected chi connectivity index (χ3v) is 2.30. The second kappa shape index (κ2) is 6.20. The summed E-state index contributed by atoms with van der Waals surface area (Å²) in [6.45, 7) is -0.893. The fraction of sp³-hybridized carbons (Fsp3) is 0.833. The van der Waals surface area contributed by atoms with Gasteiger partial charge >= 0.3 is 10.3 Å². The molecule has 3 unspecified atom stereocenters. The molecule has 0 rings (SSSR count). The maximum atomic E-state index is 10.4. The molecule has 0 aromatic carbocycles. The van der Waals surface area contributed by atoms with E-state index in [0.29, 0.717) is 0 Å². The van der Waals surface area contributed by atoms with E-state index in [0.717, 1.165) is 0 Å². The Morgan fingerprint density at radius 2 is 1.69 bits per heavy atom. The fourth-order valence-electron chi connectivity index (χ4n) is 0.898. The van der Waals surface area contributed by atoms with E-state index >= 15 is 0 Å². The zero-order valence-electron chi connectivity index (χ0n) is 7.96. The fourth-order valence-corrected chi connectivity index (χ4v) is 1.44. The Hall–Kier alpha value is -0.620. The number of hydrogen-bond donors (Lipinski definition) is 6. The lowest BCUT2D eigenvalue weighted by atomic mass is 10.0. The lowest BCUT2D eigenvalue weighted by molar-refractivity contribution is -0.119. The molecule has 0 aromatic heterocycles. The van der Waals surface area contributed by atoms with Crippen molar-refractivity contribution < 1.29 is 38.2 Å². The Morgan fingerprint density at radius 3 is 2.00 bits per heavy atom. The van der Waals surface area contributed by atoms with Crippen molar-refractivity contribution in [3.63, 3.8) is 0 Å². The lowest BCUT2D eigenvalue weighted by Gasteiger charge is -2.25. The molecule has 0 aliphatic heterocycles. The summed E-state index contributed by atoms with van der Waals surface area (Å²) in [5, 5.41) is 35.8. The second-order valence-corrected chi connectivity index (χ2v) is 4.17. The van der Waals surface area contributed by atoms with Gasteiger partial charge in [0, 0.05) is 0 Å². The van der Waals surface area contributed by atoms with E-state index in [4.69, 9.17) is 19.9 Å². The summed E-state index contributed by atoms with van der Waals surface area (Å²) in [6, 6.07) is -1.84. The van der Waals surface area contributed by atoms with Crippen LogP contribution in [0.15, 0.2) is 0 Å². The predicted molar refractivity (Wildman–Crippen MR) is 49.6 cm³/mol. The summed E-state index contributed by atoms with van der Waals surface area (Å²) in [5.41, 5.74) is 0. The first-order valence-corrected chi connectivity index (χ1v) is 5.52. The van der Waals surface area contributed by atoms with Crippen molar-refractivity contribution in [3.05, 3.63) is 0 Å². The van der Waals surface area contributed by atoms with Crippen LogP contribution in [0, 0.1) is 0 Å². The first kappa shape index (κ1) is 15.4. The number of carbonyl (C=O) groups excluding carboxylic acids is 1. The van der Waals surface area contributed by atoms with Gasteiger partial charge in [0.2, 0.25) is 0 Å². The summed E-state index contributed by atoms with van der Waals surface area (Å²) in [5.74, 6) is 0. The first-order chi connectivity index (χ1) is 7.22. The number of carbonyl (C=O) groups is 1. The van der Waals surface area contributed by atoms with Crippen molar-refractivity contribution in [2.75, 3.05) is 6.61 Å². The van der Waals surface area contributed by atoms with Crippen molar-refractivity contribution in [2.45, 2.75) is 24.4 Å². The Balaban J connectivity index is 4.65. The average molecular weight is 259 g/mol. The molecule has 0 aliphatic rings. The summed E-state index contributed by atoms with van der Waals surface area (Å²) < 4.78 is 30.4. The van der Waals surface area contributed by atoms with Crippen LogP contribution in [0.4, 0.5) is 0 Å². The molecule has 0 heterocycles. The molecular formula is C6H13NO8S. The van der Waals surface area contributed by atoms with E-state index in [1.807, 2.05) is 0 Å². The molecule has 96 valence electrons. The third-order valence-electron chi connectivity index (χ3n) is 1.73. The quantitative estimate of drug-likeness (QED) is 0.199. The van der Waals surface area contributed by atoms with E-state index in [1.54, 1.807) is 0 Å². The topological polar surface area (TPSA) is 164 Å². The number of aliphatic hydroxyl groups is 4. The number of nitrogens with one attached hydrogen (secondary N) is 1. The zero-order valence-corrected chi connectivity index (χ0v) is 8.78. The van der Waals surface area contributed by atoms with Crippen LogP contribution >= 0.6 is 0 Å². The van der Waals surface area contributed by atoms with E-state index in [2.05, 4.69) is 0 Å². The molecular weight excluding hydrogens is 246 g/mol. The summed E-state index contributed by atoms with van der Waals surface area (Å²) in [7, 11) is -4.74. The number of rotatable bonds is 7. The molecule has 9 nitrogen and oxygen atoms in total. The predicted octanol–water partition coefficient (Wildman–Crippen LogP) is -3.98. The molecule has 6 N–H and O–H groups in total. The van der Waals surface area contributed by atoms with Crippen LogP contribution in [-0.4, -0.2) is 70.6 Å². The van der Waals surface area contributed by atoms with Crippen molar-refractivity contribution in [2.24, 2.45) is 0 Å². The molecule has 16 heavy (non-hydrogen) atoms. The maximum absolute atomic E-state index is 10.4. The first-order valence-electron chi connectivity index (χ1n) is 4.08. The molecule has 0 bridgehead atoms. The monoisotopic (exact) mass is 259 g/mol. The van der Waals surface area contributed by atoms with Gasteiger partial charge in [0.05, 0.1) is 6.61 Å². The Bertz CT molecular complexity index is 316. The summed E-state index contributed by atoms with van der Waals surface area (Å²) in [6.07, 6.45) is -5.79. The average Bonchev–Trinajstić information content (AvgIpc) is 2.21. The van der Waals surface area contributed by atoms with Gasteiger partial charge in [0.15, 0.2) is 0 Å². The summed E-state index contributed by atoms with van der Waals surface area (Å²) >= 11 is 0. The van der Waals surface area contributed by atoms with Gasteiger partial charge in [-0.1, -0.05) is 0 Å². The minimum Gasteiger partial charge on any atom is -0.394 e. The van der Waals surface area contributed by atoms with Crippen LogP contribution in [0.25, 0.3) is 0 Å². The SMILES string of the molecule is O=C[C@H](NS(=O)(=O)O)C(O)C(O)C(O)CO. The Morgan fingerprint density at radius 1 is 1.19 bits per heavy atom. The van der Waals surface area contributed by atoms with Crippen molar-refractivity contribution in [1.82, 2.24) is 4.72 Å². The Labute approximate surface area is 91.2 Å². The van der Waals surface area contributed by atoms with E-state index < -0.39 is 41.3 Å². The van der Waals surface area contributed by atoms with Crippen molar-refractivity contribution in [3.8, 4) is 0 Å². The molecule has 0 spiro atoms. The van der Waals surface area contributed by atoms with Gasteiger partial charge in [0.25, 0.3) is 0 Å². The number of hydrogen-bond acceptors (Lipinski definition) is 7. The highest BCUT2D eigenvalue weighted by molar-refractivity contribution is 7.83. The molecule has 0 aliphatic carbocycles. The van der Waals surface area contributed by atoms with Gasteiger partial charge in [-0.15, -0.1) is 0 Å². The molecule has 10 heteroatoms. The maximum Gasteiger partial charge on any atom is 0.334 e. The van der Waals surface area contributed by atoms with Crippen molar-refractivity contribution >= 4 is 16.6 Å². The van der Waals surface area contributed by atoms with Crippen LogP contribution in [0.3, 0.4) is 0 Å². The van der Waals surface area contributed by atoms with Crippen LogP contribution in [-0.2, 0) is 15.1 Å². The minimum atomic E-state index is -4.74. The van der Waals surface area contributed by atoms with Gasteiger partial charge in [0.1, 0.15) is 30.6 Å². The van der Waals surface area contributed by atoms with E-state index in [1.165, 1.54) is 4.72 Å². The van der Waals surface area contributed by atoms with Crippen LogP contribution in [0.5, 0.6) is 0 Å². The third kappa shape index (κ3) is 4.94. The molecule has 0 amide bonds. The highest BCUT2D eigenvalue weighted by atomic mass is 32.2. The van der Waals surface area contributed by atoms with E-state index in [-0.39, 0.29) is 6.29 Å². The second-order valence-electron chi connectivity index (χ2n) is 2.99. The van der Waals surface area contributed by atoms with Crippen LogP contribution in [0.2, 0.25) is 0 Å². The smallest absolute Gasteiger partial charge is 0.334 e. The number of aldehydes is 1. The van der Waals surface area contributed by atoms with Gasteiger partial charge in [-0.2, -0.15) is 13.1 Å². The zero-order chi connectivity index (χ0) is 12.9. The number of aliphatic hydroxyl groups excluding tert-OH is 4. The molecule has 0 aromatic rings. The molecule has 0 fully saturated rings. The molecule has 0 saturated heterocycles. The molecule has 4 atom stereocenters. The highest BCUT2D eigenvalue weighted by Gasteiger charge is 2.32. The normalized spacial score (nSPS) is 19.8. The van der Waals surface area contributed by atoms with Gasteiger partial charge in [-0.25, -0.2) is 0 Å². The molecule has 0 saturated carbocycles. The largest absolute Gasteiger partial charge is 0.394 e. The highest BCUT2D eigenvalue weighted by Crippen LogP contribution is 2.04. The minimum absolute atomic E-state index is 0.0776. The summed E-state index contributed by atoms with van der Waals surface area (Å²) in [4.78, 5) is 10.4. The van der Waals surface area contributed by atoms with Crippen molar-refractivity contribution in [1.29, 1.82) is 0 Å².